The highest BCUT2D eigenvalue weighted by molar-refractivity contribution is 5.94. The molecule has 4 aromatic rings. The molecule has 3 aromatic carbocycles. The van der Waals surface area contributed by atoms with Gasteiger partial charge in [0.1, 0.15) is 5.82 Å². The summed E-state index contributed by atoms with van der Waals surface area (Å²) in [4.78, 5) is 22.1. The maximum absolute atomic E-state index is 12.7. The molecule has 0 saturated heterocycles. The Balaban J connectivity index is 1.40. The number of benzene rings is 3. The zero-order valence-electron chi connectivity index (χ0n) is 17.0. The number of H-pyrrole nitrogens is 1. The monoisotopic (exact) mass is 406 g/mol. The summed E-state index contributed by atoms with van der Waals surface area (Å²) in [5, 5.41) is 2.96. The van der Waals surface area contributed by atoms with Crippen LogP contribution in [0.15, 0.2) is 97.3 Å². The molecule has 1 heterocycles. The van der Waals surface area contributed by atoms with Gasteiger partial charge in [-0.1, -0.05) is 48.2 Å². The van der Waals surface area contributed by atoms with Crippen LogP contribution in [0.1, 0.15) is 17.0 Å². The molecule has 31 heavy (non-hydrogen) atoms. The number of carbonyl (C=O) groups is 1. The topological polar surface area (TPSA) is 61.0 Å². The first-order chi connectivity index (χ1) is 15.3. The van der Waals surface area contributed by atoms with Crippen molar-refractivity contribution in [3.8, 4) is 11.8 Å². The molecular weight excluding hydrogens is 384 g/mol. The van der Waals surface area contributed by atoms with Gasteiger partial charge in [0.25, 0.3) is 0 Å². The molecule has 5 nitrogen and oxygen atoms in total. The normalized spacial score (nSPS) is 10.1. The molecule has 0 unspecified atom stereocenters. The lowest BCUT2D eigenvalue weighted by Gasteiger charge is -2.23. The second-order valence-electron chi connectivity index (χ2n) is 6.97. The van der Waals surface area contributed by atoms with Crippen LogP contribution in [0.4, 0.5) is 11.4 Å². The number of carbonyl (C=O) groups excluding carboxylic acids is 1. The van der Waals surface area contributed by atoms with E-state index in [4.69, 9.17) is 0 Å². The number of rotatable bonds is 6. The van der Waals surface area contributed by atoms with Crippen molar-refractivity contribution in [2.45, 2.75) is 6.54 Å². The third-order valence-corrected chi connectivity index (χ3v) is 4.64. The van der Waals surface area contributed by atoms with Gasteiger partial charge in [0, 0.05) is 34.9 Å². The summed E-state index contributed by atoms with van der Waals surface area (Å²) in [6.07, 6.45) is 3.49. The van der Waals surface area contributed by atoms with Crippen LogP contribution < -0.4 is 10.2 Å². The van der Waals surface area contributed by atoms with E-state index in [2.05, 4.69) is 27.1 Å². The van der Waals surface area contributed by atoms with Crippen molar-refractivity contribution in [2.24, 2.45) is 0 Å². The van der Waals surface area contributed by atoms with Gasteiger partial charge in [0.05, 0.1) is 13.1 Å². The van der Waals surface area contributed by atoms with Gasteiger partial charge in [-0.15, -0.1) is 0 Å². The maximum atomic E-state index is 12.7. The molecule has 0 atom stereocenters. The Morgan fingerprint density at radius 1 is 0.871 bits per heavy atom. The number of anilines is 2. The van der Waals surface area contributed by atoms with Crippen LogP contribution in [-0.4, -0.2) is 22.4 Å². The molecule has 0 spiro atoms. The first-order valence-corrected chi connectivity index (χ1v) is 10.0. The predicted molar refractivity (Wildman–Crippen MR) is 124 cm³/mol. The highest BCUT2D eigenvalue weighted by Crippen LogP contribution is 2.16. The van der Waals surface area contributed by atoms with Gasteiger partial charge in [0.2, 0.25) is 5.91 Å². The zero-order valence-corrected chi connectivity index (χ0v) is 17.0. The second-order valence-corrected chi connectivity index (χ2v) is 6.97. The molecule has 0 fully saturated rings. The van der Waals surface area contributed by atoms with Gasteiger partial charge in [-0.3, -0.25) is 4.79 Å². The molecular formula is C26H22N4O. The SMILES string of the molecule is O=C(CN(Cc1ncc[nH]1)c1ccccc1)Nc1ccc(C#Cc2ccccc2)cc1. The van der Waals surface area contributed by atoms with E-state index in [1.165, 1.54) is 0 Å². The van der Waals surface area contributed by atoms with E-state index in [-0.39, 0.29) is 12.5 Å². The minimum Gasteiger partial charge on any atom is -0.355 e. The van der Waals surface area contributed by atoms with Crippen LogP contribution in [0.5, 0.6) is 0 Å². The van der Waals surface area contributed by atoms with Crippen LogP contribution >= 0.6 is 0 Å². The van der Waals surface area contributed by atoms with Gasteiger partial charge in [-0.05, 0) is 48.5 Å². The number of para-hydroxylation sites is 1. The van der Waals surface area contributed by atoms with E-state index >= 15 is 0 Å². The van der Waals surface area contributed by atoms with E-state index in [1.54, 1.807) is 12.4 Å². The van der Waals surface area contributed by atoms with Crippen molar-refractivity contribution in [1.82, 2.24) is 9.97 Å². The summed E-state index contributed by atoms with van der Waals surface area (Å²) in [5.41, 5.74) is 3.56. The average molecular weight is 406 g/mol. The van der Waals surface area contributed by atoms with Gasteiger partial charge in [-0.25, -0.2) is 4.98 Å². The summed E-state index contributed by atoms with van der Waals surface area (Å²) in [6, 6.07) is 27.2. The Morgan fingerprint density at radius 2 is 1.52 bits per heavy atom. The molecule has 0 aliphatic carbocycles. The number of aromatic nitrogens is 2. The lowest BCUT2D eigenvalue weighted by molar-refractivity contribution is -0.115. The highest BCUT2D eigenvalue weighted by atomic mass is 16.2. The zero-order chi connectivity index (χ0) is 21.3. The molecule has 1 aromatic heterocycles. The van der Waals surface area contributed by atoms with E-state index in [0.29, 0.717) is 6.54 Å². The summed E-state index contributed by atoms with van der Waals surface area (Å²) in [6.45, 7) is 0.721. The van der Waals surface area contributed by atoms with Crippen molar-refractivity contribution >= 4 is 17.3 Å². The molecule has 0 radical (unpaired) electrons. The summed E-state index contributed by atoms with van der Waals surface area (Å²) >= 11 is 0. The van der Waals surface area contributed by atoms with Crippen molar-refractivity contribution in [1.29, 1.82) is 0 Å². The fraction of sp³-hybridized carbons (Fsp3) is 0.0769. The number of imidazole rings is 1. The molecule has 0 saturated carbocycles. The molecule has 2 N–H and O–H groups in total. The third kappa shape index (κ3) is 5.84. The molecule has 4 rings (SSSR count). The van der Waals surface area contributed by atoms with Gasteiger partial charge < -0.3 is 15.2 Å². The van der Waals surface area contributed by atoms with Crippen LogP contribution in [-0.2, 0) is 11.3 Å². The third-order valence-electron chi connectivity index (χ3n) is 4.64. The van der Waals surface area contributed by atoms with Crippen molar-refractivity contribution in [3.63, 3.8) is 0 Å². The number of nitrogens with one attached hydrogen (secondary N) is 2. The fourth-order valence-corrected chi connectivity index (χ4v) is 3.12. The molecule has 5 heteroatoms. The Bertz CT molecular complexity index is 1160. The van der Waals surface area contributed by atoms with Gasteiger partial charge in [-0.2, -0.15) is 0 Å². The van der Waals surface area contributed by atoms with Crippen molar-refractivity contribution in [3.05, 3.63) is 114 Å². The first-order valence-electron chi connectivity index (χ1n) is 10.0. The van der Waals surface area contributed by atoms with Crippen LogP contribution in [0, 0.1) is 11.8 Å². The quantitative estimate of drug-likeness (QED) is 0.465. The van der Waals surface area contributed by atoms with Gasteiger partial charge in [0.15, 0.2) is 0 Å². The Morgan fingerprint density at radius 3 is 2.16 bits per heavy atom. The standard InChI is InChI=1S/C26H22N4O/c31-26(20-30(19-25-27-17-18-28-25)24-9-5-2-6-10-24)29-23-15-13-22(14-16-23)12-11-21-7-3-1-4-8-21/h1-10,13-18H,19-20H2,(H,27,28)(H,29,31). The number of hydrogen-bond acceptors (Lipinski definition) is 3. The highest BCUT2D eigenvalue weighted by Gasteiger charge is 2.13. The molecule has 152 valence electrons. The molecule has 1 amide bonds. The Kier molecular flexibility index (Phi) is 6.42. The van der Waals surface area contributed by atoms with Crippen molar-refractivity contribution < 1.29 is 4.79 Å². The fourth-order valence-electron chi connectivity index (χ4n) is 3.12. The number of amides is 1. The summed E-state index contributed by atoms with van der Waals surface area (Å²) in [5.74, 6) is 6.98. The summed E-state index contributed by atoms with van der Waals surface area (Å²) in [7, 11) is 0. The lowest BCUT2D eigenvalue weighted by atomic mass is 10.1. The van der Waals surface area contributed by atoms with Crippen LogP contribution in [0.3, 0.4) is 0 Å². The van der Waals surface area contributed by atoms with E-state index in [9.17, 15) is 4.79 Å². The smallest absolute Gasteiger partial charge is 0.243 e. The minimum absolute atomic E-state index is 0.0986. The van der Waals surface area contributed by atoms with Crippen LogP contribution in [0.25, 0.3) is 0 Å². The predicted octanol–water partition coefficient (Wildman–Crippen LogP) is 4.45. The Labute approximate surface area is 181 Å². The number of nitrogens with zero attached hydrogens (tertiary/aromatic N) is 2. The second kappa shape index (κ2) is 9.95. The molecule has 0 bridgehead atoms. The molecule has 0 aliphatic heterocycles. The van der Waals surface area contributed by atoms with Gasteiger partial charge >= 0.3 is 0 Å². The van der Waals surface area contributed by atoms with E-state index < -0.39 is 0 Å². The van der Waals surface area contributed by atoms with E-state index in [1.807, 2.05) is 89.8 Å². The Hall–Kier alpha value is -4.30. The maximum Gasteiger partial charge on any atom is 0.243 e. The van der Waals surface area contributed by atoms with E-state index in [0.717, 1.165) is 28.3 Å². The lowest BCUT2D eigenvalue weighted by Crippen LogP contribution is -2.33. The largest absolute Gasteiger partial charge is 0.355 e. The number of hydrogen-bond donors (Lipinski definition) is 2. The first kappa shape index (κ1) is 20.0. The summed E-state index contributed by atoms with van der Waals surface area (Å²) < 4.78 is 0. The van der Waals surface area contributed by atoms with Crippen molar-refractivity contribution in [2.75, 3.05) is 16.8 Å². The average Bonchev–Trinajstić information content (AvgIpc) is 3.33. The van der Waals surface area contributed by atoms with Crippen LogP contribution in [0.2, 0.25) is 0 Å². The minimum atomic E-state index is -0.0986. The molecule has 0 aliphatic rings. The number of aromatic amines is 1.